The zero-order valence-corrected chi connectivity index (χ0v) is 4.11. The maximum Gasteiger partial charge on any atom is 0.261 e. The van der Waals surface area contributed by atoms with Gasteiger partial charge in [-0.2, -0.15) is 0 Å². The van der Waals surface area contributed by atoms with Crippen molar-refractivity contribution in [2.24, 2.45) is 0 Å². The second kappa shape index (κ2) is 4.90. The van der Waals surface area contributed by atoms with Gasteiger partial charge in [-0.25, -0.2) is 13.2 Å². The predicted octanol–water partition coefficient (Wildman–Crippen LogP) is 1.40. The number of hydrogen-bond donors (Lipinski definition) is 0. The van der Waals surface area contributed by atoms with Crippen LogP contribution < -0.4 is 0 Å². The Labute approximate surface area is 45.4 Å². The molecule has 0 aliphatic rings. The summed E-state index contributed by atoms with van der Waals surface area (Å²) < 4.78 is 37.2. The van der Waals surface area contributed by atoms with Crippen LogP contribution in [0.15, 0.2) is 0 Å². The minimum atomic E-state index is -2.50. The summed E-state index contributed by atoms with van der Waals surface area (Å²) in [4.78, 5) is 0. The molecule has 0 aromatic carbocycles. The maximum atomic E-state index is 11.1. The van der Waals surface area contributed by atoms with Gasteiger partial charge in [0.1, 0.15) is 6.61 Å². The molecule has 0 aliphatic carbocycles. The van der Waals surface area contributed by atoms with Crippen molar-refractivity contribution in [2.45, 2.75) is 6.43 Å². The maximum absolute atomic E-state index is 11.1. The molecule has 0 spiro atoms. The molecule has 0 atom stereocenters. The summed E-state index contributed by atoms with van der Waals surface area (Å²) >= 11 is 0. The fourth-order valence-electron chi connectivity index (χ4n) is 0.202. The van der Waals surface area contributed by atoms with Gasteiger partial charge >= 0.3 is 0 Å². The highest BCUT2D eigenvalue weighted by Crippen LogP contribution is 1.92. The Morgan fingerprint density at radius 1 is 1.50 bits per heavy atom. The third-order valence-electron chi connectivity index (χ3n) is 0.425. The Kier molecular flexibility index (Phi) is 4.75. The lowest BCUT2D eigenvalue weighted by Crippen LogP contribution is -2.04. The summed E-state index contributed by atoms with van der Waals surface area (Å²) in [6.45, 7) is -0.868. The topological polar surface area (TPSA) is 9.23 Å². The first kappa shape index (κ1) is 7.75. The van der Waals surface area contributed by atoms with E-state index in [-0.39, 0.29) is 13.3 Å². The van der Waals surface area contributed by atoms with Gasteiger partial charge in [0.2, 0.25) is 0 Å². The standard InChI is InChI=1S/C4H6F3O/c5-1-2-8-3-4(6)7/h1,4H,2-3H2. The third kappa shape index (κ3) is 5.75. The minimum absolute atomic E-state index is 0.183. The van der Waals surface area contributed by atoms with E-state index in [0.717, 1.165) is 0 Å². The molecule has 49 valence electrons. The van der Waals surface area contributed by atoms with Crippen LogP contribution in [0.1, 0.15) is 0 Å². The first-order chi connectivity index (χ1) is 3.77. The molecule has 0 aliphatic heterocycles. The van der Waals surface area contributed by atoms with Crippen LogP contribution in [0.25, 0.3) is 0 Å². The molecule has 0 saturated heterocycles. The lowest BCUT2D eigenvalue weighted by atomic mass is 10.7. The summed E-state index contributed by atoms with van der Waals surface area (Å²) in [5.41, 5.74) is 0. The normalized spacial score (nSPS) is 10.5. The molecular weight excluding hydrogens is 121 g/mol. The van der Waals surface area contributed by atoms with Crippen molar-refractivity contribution in [3.63, 3.8) is 0 Å². The smallest absolute Gasteiger partial charge is 0.261 e. The van der Waals surface area contributed by atoms with Crippen LogP contribution in [0.5, 0.6) is 0 Å². The molecule has 1 nitrogen and oxygen atoms in total. The SMILES string of the molecule is F[CH]COCC(F)F. The second-order valence-electron chi connectivity index (χ2n) is 1.08. The summed E-state index contributed by atoms with van der Waals surface area (Å²) in [6.07, 6.45) is -2.50. The Balaban J connectivity index is 2.72. The number of halogens is 3. The summed E-state index contributed by atoms with van der Waals surface area (Å²) in [5.74, 6) is 0. The highest BCUT2D eigenvalue weighted by Gasteiger charge is 1.99. The Hall–Kier alpha value is -0.250. The molecule has 0 aromatic heterocycles. The van der Waals surface area contributed by atoms with Crippen LogP contribution in [-0.2, 0) is 4.74 Å². The summed E-state index contributed by atoms with van der Waals surface area (Å²) in [7, 11) is 0. The molecule has 0 bridgehead atoms. The fraction of sp³-hybridized carbons (Fsp3) is 0.750. The number of ether oxygens (including phenoxy) is 1. The van der Waals surface area contributed by atoms with Gasteiger partial charge in [0.15, 0.2) is 6.67 Å². The van der Waals surface area contributed by atoms with E-state index in [0.29, 0.717) is 0 Å². The lowest BCUT2D eigenvalue weighted by Gasteiger charge is -1.96. The van der Waals surface area contributed by atoms with Crippen molar-refractivity contribution >= 4 is 0 Å². The van der Waals surface area contributed by atoms with Crippen molar-refractivity contribution in [3.8, 4) is 0 Å². The zero-order valence-electron chi connectivity index (χ0n) is 4.11. The minimum Gasteiger partial charge on any atom is -0.372 e. The van der Waals surface area contributed by atoms with E-state index in [1.54, 1.807) is 0 Å². The van der Waals surface area contributed by atoms with Gasteiger partial charge in [-0.15, -0.1) is 0 Å². The number of rotatable bonds is 4. The molecule has 0 N–H and O–H groups in total. The monoisotopic (exact) mass is 127 g/mol. The van der Waals surface area contributed by atoms with Crippen LogP contribution in [0.2, 0.25) is 0 Å². The van der Waals surface area contributed by atoms with Crippen LogP contribution in [0.3, 0.4) is 0 Å². The fourth-order valence-corrected chi connectivity index (χ4v) is 0.202. The van der Waals surface area contributed by atoms with E-state index in [1.165, 1.54) is 0 Å². The van der Waals surface area contributed by atoms with Gasteiger partial charge in [0.05, 0.1) is 6.61 Å². The molecule has 0 amide bonds. The van der Waals surface area contributed by atoms with Gasteiger partial charge in [-0.05, 0) is 0 Å². The van der Waals surface area contributed by atoms with Crippen molar-refractivity contribution < 1.29 is 17.9 Å². The highest BCUT2D eigenvalue weighted by molar-refractivity contribution is 4.42. The van der Waals surface area contributed by atoms with Gasteiger partial charge in [0, 0.05) is 0 Å². The molecular formula is C4H6F3O. The molecule has 0 rings (SSSR count). The first-order valence-corrected chi connectivity index (χ1v) is 2.05. The third-order valence-corrected chi connectivity index (χ3v) is 0.425. The van der Waals surface area contributed by atoms with Crippen LogP contribution in [-0.4, -0.2) is 19.6 Å². The summed E-state index contributed by atoms with van der Waals surface area (Å²) in [6, 6.07) is 0. The van der Waals surface area contributed by atoms with Crippen molar-refractivity contribution in [1.29, 1.82) is 0 Å². The highest BCUT2D eigenvalue weighted by atomic mass is 19.3. The zero-order chi connectivity index (χ0) is 6.41. The molecule has 8 heavy (non-hydrogen) atoms. The molecule has 1 radical (unpaired) electrons. The van der Waals surface area contributed by atoms with Crippen LogP contribution in [0, 0.1) is 6.67 Å². The van der Waals surface area contributed by atoms with Gasteiger partial charge in [-0.1, -0.05) is 0 Å². The molecule has 0 unspecified atom stereocenters. The van der Waals surface area contributed by atoms with Crippen molar-refractivity contribution in [3.05, 3.63) is 6.67 Å². The van der Waals surface area contributed by atoms with E-state index < -0.39 is 13.0 Å². The average Bonchev–Trinajstić information content (AvgIpc) is 1.66. The Bertz CT molecular complexity index is 48.5. The second-order valence-corrected chi connectivity index (χ2v) is 1.08. The van der Waals surface area contributed by atoms with Gasteiger partial charge < -0.3 is 4.74 Å². The van der Waals surface area contributed by atoms with Crippen molar-refractivity contribution in [2.75, 3.05) is 13.2 Å². The average molecular weight is 127 g/mol. The van der Waals surface area contributed by atoms with E-state index in [2.05, 4.69) is 4.74 Å². The Morgan fingerprint density at radius 2 is 2.12 bits per heavy atom. The number of alkyl halides is 2. The van der Waals surface area contributed by atoms with Gasteiger partial charge in [-0.3, -0.25) is 0 Å². The molecule has 0 heterocycles. The molecule has 0 aromatic rings. The summed E-state index contributed by atoms with van der Waals surface area (Å²) in [5, 5.41) is 0. The molecule has 0 fully saturated rings. The predicted molar refractivity (Wildman–Crippen MR) is 22.2 cm³/mol. The Morgan fingerprint density at radius 3 is 2.50 bits per heavy atom. The molecule has 4 heteroatoms. The van der Waals surface area contributed by atoms with E-state index in [9.17, 15) is 13.2 Å². The van der Waals surface area contributed by atoms with Crippen LogP contribution in [0.4, 0.5) is 13.2 Å². The van der Waals surface area contributed by atoms with Crippen LogP contribution >= 0.6 is 0 Å². The van der Waals surface area contributed by atoms with E-state index in [4.69, 9.17) is 0 Å². The number of hydrogen-bond acceptors (Lipinski definition) is 1. The quantitative estimate of drug-likeness (QED) is 0.518. The first-order valence-electron chi connectivity index (χ1n) is 2.05. The lowest BCUT2D eigenvalue weighted by molar-refractivity contribution is 0.0208. The van der Waals surface area contributed by atoms with Crippen molar-refractivity contribution in [1.82, 2.24) is 0 Å². The largest absolute Gasteiger partial charge is 0.372 e. The van der Waals surface area contributed by atoms with Gasteiger partial charge in [0.25, 0.3) is 6.43 Å². The van der Waals surface area contributed by atoms with E-state index in [1.807, 2.05) is 0 Å². The van der Waals surface area contributed by atoms with E-state index >= 15 is 0 Å². The molecule has 0 saturated carbocycles.